The molecule has 0 spiro atoms. The number of hydrogen-bond acceptors (Lipinski definition) is 3. The molecule has 136 valence electrons. The topological polar surface area (TPSA) is 27.7 Å². The third-order valence-corrected chi connectivity index (χ3v) is 14.8. The van der Waals surface area contributed by atoms with E-state index in [1.54, 1.807) is 6.26 Å². The first-order chi connectivity index (χ1) is 10.1. The Labute approximate surface area is 146 Å². The lowest BCUT2D eigenvalue weighted by Gasteiger charge is -2.46. The SMILES string of the molecule is C[C@H]1OC=C[C@H](O[Si](C)(C)C(C)(C)C)[C@@H]1O[Si](C)(C)C(C)(C)C. The quantitative estimate of drug-likeness (QED) is 0.603. The van der Waals surface area contributed by atoms with Crippen molar-refractivity contribution in [2.45, 2.75) is 103 Å². The zero-order valence-electron chi connectivity index (χ0n) is 17.1. The normalized spacial score (nSPS) is 27.0. The van der Waals surface area contributed by atoms with Gasteiger partial charge >= 0.3 is 0 Å². The van der Waals surface area contributed by atoms with Crippen molar-refractivity contribution in [1.29, 1.82) is 0 Å². The van der Waals surface area contributed by atoms with E-state index in [-0.39, 0.29) is 28.4 Å². The second-order valence-corrected chi connectivity index (χ2v) is 19.4. The summed E-state index contributed by atoms with van der Waals surface area (Å²) in [5.74, 6) is 0. The standard InChI is InChI=1S/C18H38O3Si2/c1-14-16(21-23(10,11)18(5,6)7)15(12-13-19-14)20-22(8,9)17(2,3)4/h12-16H,1-11H3/t14-,15+,16-/m1/s1. The van der Waals surface area contributed by atoms with Crippen LogP contribution < -0.4 is 0 Å². The van der Waals surface area contributed by atoms with Crippen LogP contribution in [0.3, 0.4) is 0 Å². The molecule has 1 rings (SSSR count). The van der Waals surface area contributed by atoms with Crippen LogP contribution in [0.15, 0.2) is 12.3 Å². The van der Waals surface area contributed by atoms with Gasteiger partial charge in [-0.15, -0.1) is 0 Å². The molecule has 0 N–H and O–H groups in total. The molecule has 1 heterocycles. The lowest BCUT2D eigenvalue weighted by molar-refractivity contribution is -0.0422. The third kappa shape index (κ3) is 4.94. The Morgan fingerprint density at radius 2 is 1.26 bits per heavy atom. The molecule has 5 heteroatoms. The van der Waals surface area contributed by atoms with E-state index >= 15 is 0 Å². The Hall–Kier alpha value is -0.106. The Bertz CT molecular complexity index is 431. The highest BCUT2D eigenvalue weighted by Crippen LogP contribution is 2.41. The fourth-order valence-corrected chi connectivity index (χ4v) is 4.61. The molecular formula is C18H38O3Si2. The molecule has 0 radical (unpaired) electrons. The maximum atomic E-state index is 6.69. The molecule has 3 atom stereocenters. The van der Waals surface area contributed by atoms with Crippen LogP contribution in [0, 0.1) is 0 Å². The fraction of sp³-hybridized carbons (Fsp3) is 0.889. The summed E-state index contributed by atoms with van der Waals surface area (Å²) in [5.41, 5.74) is 0. The smallest absolute Gasteiger partial charge is 0.193 e. The van der Waals surface area contributed by atoms with Gasteiger partial charge in [0.1, 0.15) is 12.2 Å². The van der Waals surface area contributed by atoms with Crippen LogP contribution in [-0.4, -0.2) is 34.9 Å². The van der Waals surface area contributed by atoms with E-state index in [1.165, 1.54) is 0 Å². The molecule has 23 heavy (non-hydrogen) atoms. The van der Waals surface area contributed by atoms with Gasteiger partial charge in [-0.3, -0.25) is 0 Å². The van der Waals surface area contributed by atoms with Crippen molar-refractivity contribution >= 4 is 16.6 Å². The third-order valence-electron chi connectivity index (χ3n) is 5.82. The van der Waals surface area contributed by atoms with Gasteiger partial charge in [0.15, 0.2) is 16.6 Å². The highest BCUT2D eigenvalue weighted by molar-refractivity contribution is 6.74. The summed E-state index contributed by atoms with van der Waals surface area (Å²) in [6.45, 7) is 24.9. The Balaban J connectivity index is 3.01. The maximum absolute atomic E-state index is 6.69. The molecule has 0 aromatic carbocycles. The minimum absolute atomic E-state index is 0.0175. The van der Waals surface area contributed by atoms with Crippen molar-refractivity contribution in [2.75, 3.05) is 0 Å². The lowest BCUT2D eigenvalue weighted by Crippen LogP contribution is -2.55. The van der Waals surface area contributed by atoms with Crippen molar-refractivity contribution in [3.05, 3.63) is 12.3 Å². The molecular weight excluding hydrogens is 320 g/mol. The van der Waals surface area contributed by atoms with Crippen molar-refractivity contribution in [1.82, 2.24) is 0 Å². The van der Waals surface area contributed by atoms with Gasteiger partial charge in [-0.2, -0.15) is 0 Å². The zero-order valence-corrected chi connectivity index (χ0v) is 19.1. The van der Waals surface area contributed by atoms with Crippen molar-refractivity contribution in [2.24, 2.45) is 0 Å². The fourth-order valence-electron chi connectivity index (χ4n) is 2.00. The van der Waals surface area contributed by atoms with Gasteiger partial charge in [-0.05, 0) is 49.3 Å². The molecule has 1 aliphatic rings. The molecule has 0 bridgehead atoms. The van der Waals surface area contributed by atoms with E-state index in [1.807, 2.05) is 6.08 Å². The predicted molar refractivity (Wildman–Crippen MR) is 104 cm³/mol. The first-order valence-corrected chi connectivity index (χ1v) is 14.6. The maximum Gasteiger partial charge on any atom is 0.193 e. The highest BCUT2D eigenvalue weighted by atomic mass is 28.4. The molecule has 0 unspecified atom stereocenters. The van der Waals surface area contributed by atoms with Crippen LogP contribution in [0.25, 0.3) is 0 Å². The summed E-state index contributed by atoms with van der Waals surface area (Å²) in [6, 6.07) is 0. The number of hydrogen-bond donors (Lipinski definition) is 0. The van der Waals surface area contributed by atoms with Gasteiger partial charge in [0.2, 0.25) is 0 Å². The van der Waals surface area contributed by atoms with E-state index in [9.17, 15) is 0 Å². The van der Waals surface area contributed by atoms with E-state index < -0.39 is 16.6 Å². The van der Waals surface area contributed by atoms with E-state index in [0.717, 1.165) is 0 Å². The van der Waals surface area contributed by atoms with Gasteiger partial charge < -0.3 is 13.6 Å². The van der Waals surface area contributed by atoms with E-state index in [2.05, 4.69) is 74.7 Å². The minimum atomic E-state index is -1.88. The molecule has 1 aliphatic heterocycles. The predicted octanol–water partition coefficient (Wildman–Crippen LogP) is 5.70. The average molecular weight is 359 g/mol. The summed E-state index contributed by atoms with van der Waals surface area (Å²) in [5, 5.41) is 0.360. The van der Waals surface area contributed by atoms with Crippen LogP contribution in [0.5, 0.6) is 0 Å². The molecule has 0 aromatic heterocycles. The minimum Gasteiger partial charge on any atom is -0.496 e. The molecule has 0 aromatic rings. The average Bonchev–Trinajstić information content (AvgIpc) is 2.30. The van der Waals surface area contributed by atoms with E-state index in [0.29, 0.717) is 0 Å². The molecule has 0 aliphatic carbocycles. The lowest BCUT2D eigenvalue weighted by atomic mass is 10.1. The molecule has 0 saturated heterocycles. The highest BCUT2D eigenvalue weighted by Gasteiger charge is 2.46. The Morgan fingerprint density at radius 3 is 1.70 bits per heavy atom. The van der Waals surface area contributed by atoms with Crippen LogP contribution in [-0.2, 0) is 13.6 Å². The van der Waals surface area contributed by atoms with Gasteiger partial charge in [0.25, 0.3) is 0 Å². The van der Waals surface area contributed by atoms with Crippen LogP contribution in [0.1, 0.15) is 48.5 Å². The summed E-state index contributed by atoms with van der Waals surface area (Å²) >= 11 is 0. The Kier molecular flexibility index (Phi) is 6.06. The van der Waals surface area contributed by atoms with Gasteiger partial charge in [-0.1, -0.05) is 41.5 Å². The van der Waals surface area contributed by atoms with Crippen molar-refractivity contribution in [3.8, 4) is 0 Å². The largest absolute Gasteiger partial charge is 0.496 e. The van der Waals surface area contributed by atoms with E-state index in [4.69, 9.17) is 13.6 Å². The van der Waals surface area contributed by atoms with Crippen molar-refractivity contribution < 1.29 is 13.6 Å². The zero-order chi connectivity index (χ0) is 18.3. The second-order valence-electron chi connectivity index (χ2n) is 9.86. The second kappa shape index (κ2) is 6.66. The molecule has 0 amide bonds. The first-order valence-electron chi connectivity index (χ1n) is 8.76. The van der Waals surface area contributed by atoms with Crippen LogP contribution in [0.4, 0.5) is 0 Å². The summed E-state index contributed by atoms with van der Waals surface area (Å²) < 4.78 is 19.1. The monoisotopic (exact) mass is 358 g/mol. The van der Waals surface area contributed by atoms with Crippen molar-refractivity contribution in [3.63, 3.8) is 0 Å². The summed E-state index contributed by atoms with van der Waals surface area (Å²) in [7, 11) is -3.73. The van der Waals surface area contributed by atoms with Crippen LogP contribution >= 0.6 is 0 Å². The number of ether oxygens (including phenoxy) is 1. The molecule has 0 saturated carbocycles. The van der Waals surface area contributed by atoms with Gasteiger partial charge in [0, 0.05) is 0 Å². The van der Waals surface area contributed by atoms with Gasteiger partial charge in [-0.25, -0.2) is 0 Å². The summed E-state index contributed by atoms with van der Waals surface area (Å²) in [6.07, 6.45) is 3.79. The number of rotatable bonds is 4. The summed E-state index contributed by atoms with van der Waals surface area (Å²) in [4.78, 5) is 0. The molecule has 0 fully saturated rings. The van der Waals surface area contributed by atoms with Gasteiger partial charge in [0.05, 0.1) is 12.4 Å². The Morgan fingerprint density at radius 1 is 0.826 bits per heavy atom. The van der Waals surface area contributed by atoms with Crippen LogP contribution in [0.2, 0.25) is 36.3 Å². The first kappa shape index (κ1) is 20.9. The molecule has 3 nitrogen and oxygen atoms in total.